The summed E-state index contributed by atoms with van der Waals surface area (Å²) in [6, 6.07) is 0. The Kier molecular flexibility index (Phi) is 3.38. The van der Waals surface area contributed by atoms with Gasteiger partial charge in [-0.05, 0) is 6.26 Å². The van der Waals surface area contributed by atoms with Crippen molar-refractivity contribution in [1.29, 1.82) is 0 Å². The fraction of sp³-hybridized carbons (Fsp3) is 0.667. The van der Waals surface area contributed by atoms with Crippen molar-refractivity contribution in [3.8, 4) is 0 Å². The third kappa shape index (κ3) is 2.31. The number of hydrogen-bond donors (Lipinski definition) is 1. The summed E-state index contributed by atoms with van der Waals surface area (Å²) < 4.78 is 1.41. The molecule has 0 fully saturated rings. The van der Waals surface area contributed by atoms with Crippen LogP contribution in [0, 0.1) is 0 Å². The van der Waals surface area contributed by atoms with Crippen LogP contribution in [0.25, 0.3) is 0 Å². The molecule has 0 saturated heterocycles. The minimum absolute atomic E-state index is 0.135. The van der Waals surface area contributed by atoms with Gasteiger partial charge in [0.2, 0.25) is 5.16 Å². The fourth-order valence-electron chi connectivity index (χ4n) is 1.17. The van der Waals surface area contributed by atoms with E-state index in [4.69, 9.17) is 0 Å². The molecule has 0 bridgehead atoms. The van der Waals surface area contributed by atoms with Crippen molar-refractivity contribution in [2.75, 3.05) is 18.7 Å². The van der Waals surface area contributed by atoms with Crippen molar-refractivity contribution >= 4 is 11.8 Å². The van der Waals surface area contributed by atoms with E-state index in [2.05, 4.69) is 15.6 Å². The van der Waals surface area contributed by atoms with E-state index in [1.54, 1.807) is 7.05 Å². The second-order valence-corrected chi connectivity index (χ2v) is 4.92. The van der Waals surface area contributed by atoms with Gasteiger partial charge in [-0.15, -0.1) is 10.2 Å². The molecule has 6 heteroatoms. The highest BCUT2D eigenvalue weighted by atomic mass is 32.2. The molecule has 1 heterocycles. The summed E-state index contributed by atoms with van der Waals surface area (Å²) in [5.41, 5.74) is 2.85. The Bertz CT molecular complexity index is 408. The maximum Gasteiger partial charge on any atom is 0.295 e. The molecule has 0 atom stereocenters. The zero-order valence-corrected chi connectivity index (χ0v) is 10.5. The number of aromatic nitrogens is 3. The number of thioether (sulfide) groups is 1. The average molecular weight is 228 g/mol. The quantitative estimate of drug-likeness (QED) is 0.760. The monoisotopic (exact) mass is 228 g/mol. The zero-order chi connectivity index (χ0) is 11.6. The molecule has 1 aromatic rings. The summed E-state index contributed by atoms with van der Waals surface area (Å²) in [5, 5.41) is 8.56. The Morgan fingerprint density at radius 1 is 1.33 bits per heavy atom. The van der Waals surface area contributed by atoms with Crippen molar-refractivity contribution in [2.24, 2.45) is 0 Å². The lowest BCUT2D eigenvalue weighted by Gasteiger charge is -2.18. The van der Waals surface area contributed by atoms with Gasteiger partial charge in [0.05, 0.1) is 0 Å². The predicted molar refractivity (Wildman–Crippen MR) is 62.1 cm³/mol. The summed E-state index contributed by atoms with van der Waals surface area (Å²) in [7, 11) is 1.69. The predicted octanol–water partition coefficient (Wildman–Crippen LogP) is 0.831. The first-order chi connectivity index (χ1) is 6.91. The molecule has 0 aliphatic heterocycles. The van der Waals surface area contributed by atoms with Gasteiger partial charge in [-0.2, -0.15) is 4.68 Å². The third-order valence-corrected chi connectivity index (χ3v) is 2.58. The molecule has 0 aromatic carbocycles. The molecule has 1 rings (SSSR count). The molecule has 1 N–H and O–H groups in total. The van der Waals surface area contributed by atoms with Crippen LogP contribution in [0.4, 0.5) is 0 Å². The van der Waals surface area contributed by atoms with Crippen molar-refractivity contribution in [3.63, 3.8) is 0 Å². The van der Waals surface area contributed by atoms with Crippen molar-refractivity contribution in [3.05, 3.63) is 16.0 Å². The maximum atomic E-state index is 12.0. The molecule has 0 amide bonds. The highest BCUT2D eigenvalue weighted by Crippen LogP contribution is 2.16. The smallest absolute Gasteiger partial charge is 0.295 e. The second kappa shape index (κ2) is 4.22. The molecular formula is C9H16N4OS. The first-order valence-electron chi connectivity index (χ1n) is 4.63. The molecule has 1 aromatic heterocycles. The summed E-state index contributed by atoms with van der Waals surface area (Å²) in [6.07, 6.45) is 1.86. The Morgan fingerprint density at radius 3 is 2.33 bits per heavy atom. The zero-order valence-electron chi connectivity index (χ0n) is 9.66. The van der Waals surface area contributed by atoms with E-state index in [9.17, 15) is 4.79 Å². The lowest BCUT2D eigenvalue weighted by molar-refractivity contribution is 0.516. The molecule has 0 unspecified atom stereocenters. The van der Waals surface area contributed by atoms with Gasteiger partial charge in [-0.25, -0.2) is 0 Å². The summed E-state index contributed by atoms with van der Waals surface area (Å²) in [5.74, 6) is 0. The van der Waals surface area contributed by atoms with Crippen molar-refractivity contribution < 1.29 is 0 Å². The standard InChI is InChI=1S/C9H16N4OS/c1-9(2,3)6-7(14)13(10-4)8(15-5)12-11-6/h10H,1-5H3. The van der Waals surface area contributed by atoms with Crippen LogP contribution in [0.1, 0.15) is 26.5 Å². The second-order valence-electron chi connectivity index (χ2n) is 4.15. The lowest BCUT2D eigenvalue weighted by atomic mass is 9.93. The molecule has 84 valence electrons. The molecule has 0 aliphatic rings. The van der Waals surface area contributed by atoms with Gasteiger partial charge in [0.1, 0.15) is 5.69 Å². The van der Waals surface area contributed by atoms with Crippen LogP contribution in [0.15, 0.2) is 9.95 Å². The minimum atomic E-state index is -0.292. The van der Waals surface area contributed by atoms with E-state index < -0.39 is 0 Å². The van der Waals surface area contributed by atoms with Gasteiger partial charge in [0.25, 0.3) is 5.56 Å². The van der Waals surface area contributed by atoms with Gasteiger partial charge in [0, 0.05) is 12.5 Å². The van der Waals surface area contributed by atoms with Crippen LogP contribution in [0.5, 0.6) is 0 Å². The van der Waals surface area contributed by atoms with Crippen LogP contribution in [0.3, 0.4) is 0 Å². The molecule has 0 radical (unpaired) electrons. The Morgan fingerprint density at radius 2 is 1.93 bits per heavy atom. The van der Waals surface area contributed by atoms with Crippen LogP contribution in [-0.4, -0.2) is 28.2 Å². The highest BCUT2D eigenvalue weighted by Gasteiger charge is 2.22. The van der Waals surface area contributed by atoms with Gasteiger partial charge in [-0.3, -0.25) is 4.79 Å². The van der Waals surface area contributed by atoms with E-state index in [1.165, 1.54) is 16.4 Å². The van der Waals surface area contributed by atoms with E-state index in [0.717, 1.165) is 0 Å². The number of rotatable bonds is 2. The largest absolute Gasteiger partial charge is 0.324 e. The molecule has 0 spiro atoms. The van der Waals surface area contributed by atoms with Crippen LogP contribution < -0.4 is 11.0 Å². The van der Waals surface area contributed by atoms with Crippen LogP contribution >= 0.6 is 11.8 Å². The van der Waals surface area contributed by atoms with Crippen LogP contribution in [-0.2, 0) is 5.41 Å². The van der Waals surface area contributed by atoms with E-state index in [0.29, 0.717) is 10.9 Å². The normalized spacial score (nSPS) is 11.5. The third-order valence-electron chi connectivity index (χ3n) is 1.95. The van der Waals surface area contributed by atoms with Gasteiger partial charge in [0.15, 0.2) is 0 Å². The SMILES string of the molecule is CNn1c(SC)nnc(C(C)(C)C)c1=O. The molecular weight excluding hydrogens is 212 g/mol. The maximum absolute atomic E-state index is 12.0. The molecule has 15 heavy (non-hydrogen) atoms. The number of hydrogen-bond acceptors (Lipinski definition) is 5. The van der Waals surface area contributed by atoms with Crippen molar-refractivity contribution in [1.82, 2.24) is 14.9 Å². The van der Waals surface area contributed by atoms with Crippen molar-refractivity contribution in [2.45, 2.75) is 31.3 Å². The summed E-state index contributed by atoms with van der Waals surface area (Å²) >= 11 is 1.38. The van der Waals surface area contributed by atoms with E-state index in [1.807, 2.05) is 27.0 Å². The Hall–Kier alpha value is -1.04. The molecule has 0 saturated carbocycles. The number of nitrogens with one attached hydrogen (secondary N) is 1. The Labute approximate surface area is 93.3 Å². The molecule has 0 aliphatic carbocycles. The summed E-state index contributed by atoms with van der Waals surface area (Å²) in [6.45, 7) is 5.82. The van der Waals surface area contributed by atoms with Gasteiger partial charge >= 0.3 is 0 Å². The first kappa shape index (κ1) is 12.0. The number of nitrogens with zero attached hydrogens (tertiary/aromatic N) is 3. The lowest BCUT2D eigenvalue weighted by Crippen LogP contribution is -2.37. The average Bonchev–Trinajstić information content (AvgIpc) is 2.15. The van der Waals surface area contributed by atoms with Crippen LogP contribution in [0.2, 0.25) is 0 Å². The molecule has 5 nitrogen and oxygen atoms in total. The summed E-state index contributed by atoms with van der Waals surface area (Å²) in [4.78, 5) is 12.0. The minimum Gasteiger partial charge on any atom is -0.324 e. The Balaban J connectivity index is 3.43. The van der Waals surface area contributed by atoms with E-state index in [-0.39, 0.29) is 11.0 Å². The van der Waals surface area contributed by atoms with E-state index >= 15 is 0 Å². The topological polar surface area (TPSA) is 59.8 Å². The first-order valence-corrected chi connectivity index (χ1v) is 5.86. The highest BCUT2D eigenvalue weighted by molar-refractivity contribution is 7.98. The fourth-order valence-corrected chi connectivity index (χ4v) is 1.65. The van der Waals surface area contributed by atoms with Gasteiger partial charge in [-0.1, -0.05) is 32.5 Å². The van der Waals surface area contributed by atoms with Gasteiger partial charge < -0.3 is 5.43 Å².